The van der Waals surface area contributed by atoms with Gasteiger partial charge < -0.3 is 9.88 Å². The van der Waals surface area contributed by atoms with Gasteiger partial charge in [0.05, 0.1) is 11.1 Å². The fourth-order valence-corrected chi connectivity index (χ4v) is 3.47. The third kappa shape index (κ3) is 2.41. The smallest absolute Gasteiger partial charge is 0.316 e. The van der Waals surface area contributed by atoms with Crippen LogP contribution in [0, 0.1) is 5.92 Å². The average Bonchev–Trinajstić information content (AvgIpc) is 2.42. The molecule has 1 aromatic heterocycles. The standard InChI is InChI=1S/C15H17F3N2O/c1-2-12(15(16,17)18)11-3-4-13-10-5-9(6-19-7-10)8-20(13)14(11)21/h2-4,9-10,19H,5-8H2,1H3. The summed E-state index contributed by atoms with van der Waals surface area (Å²) in [5, 5.41) is 3.31. The van der Waals surface area contributed by atoms with Crippen molar-refractivity contribution in [2.24, 2.45) is 5.92 Å². The number of hydrogen-bond donors (Lipinski definition) is 1. The highest BCUT2D eigenvalue weighted by Crippen LogP contribution is 2.35. The minimum atomic E-state index is -4.51. The Labute approximate surface area is 120 Å². The van der Waals surface area contributed by atoms with Crippen molar-refractivity contribution < 1.29 is 13.2 Å². The van der Waals surface area contributed by atoms with E-state index in [1.54, 1.807) is 10.6 Å². The number of piperidine rings is 1. The molecule has 2 bridgehead atoms. The van der Waals surface area contributed by atoms with Crippen LogP contribution in [0.2, 0.25) is 0 Å². The number of nitrogens with zero attached hydrogens (tertiary/aromatic N) is 1. The third-order valence-electron chi connectivity index (χ3n) is 4.39. The molecule has 114 valence electrons. The average molecular weight is 298 g/mol. The quantitative estimate of drug-likeness (QED) is 0.864. The lowest BCUT2D eigenvalue weighted by Crippen LogP contribution is -2.45. The highest BCUT2D eigenvalue weighted by molar-refractivity contribution is 5.68. The fourth-order valence-electron chi connectivity index (χ4n) is 3.47. The number of alkyl halides is 3. The zero-order valence-corrected chi connectivity index (χ0v) is 11.7. The molecule has 0 spiro atoms. The number of nitrogens with one attached hydrogen (secondary N) is 1. The van der Waals surface area contributed by atoms with E-state index in [1.807, 2.05) is 0 Å². The van der Waals surface area contributed by atoms with E-state index in [2.05, 4.69) is 5.32 Å². The van der Waals surface area contributed by atoms with Crippen LogP contribution in [0.5, 0.6) is 0 Å². The van der Waals surface area contributed by atoms with E-state index in [0.717, 1.165) is 31.3 Å². The van der Waals surface area contributed by atoms with Crippen molar-refractivity contribution in [1.29, 1.82) is 0 Å². The maximum absolute atomic E-state index is 13.0. The van der Waals surface area contributed by atoms with Crippen molar-refractivity contribution in [3.8, 4) is 0 Å². The topological polar surface area (TPSA) is 34.0 Å². The van der Waals surface area contributed by atoms with Gasteiger partial charge in [0.2, 0.25) is 0 Å². The molecule has 2 unspecified atom stereocenters. The summed E-state index contributed by atoms with van der Waals surface area (Å²) in [6, 6.07) is 3.01. The predicted octanol–water partition coefficient (Wildman–Crippen LogP) is 2.52. The van der Waals surface area contributed by atoms with Crippen molar-refractivity contribution >= 4 is 5.57 Å². The minimum absolute atomic E-state index is 0.221. The Balaban J connectivity index is 2.12. The van der Waals surface area contributed by atoms with E-state index in [4.69, 9.17) is 0 Å². The van der Waals surface area contributed by atoms with Gasteiger partial charge in [-0.15, -0.1) is 0 Å². The largest absolute Gasteiger partial charge is 0.416 e. The molecule has 3 nitrogen and oxygen atoms in total. The van der Waals surface area contributed by atoms with E-state index >= 15 is 0 Å². The Kier molecular flexibility index (Phi) is 3.43. The van der Waals surface area contributed by atoms with E-state index in [0.29, 0.717) is 12.5 Å². The number of fused-ring (bicyclic) bond motifs is 4. The third-order valence-corrected chi connectivity index (χ3v) is 4.39. The van der Waals surface area contributed by atoms with Crippen molar-refractivity contribution in [3.63, 3.8) is 0 Å². The second-order valence-corrected chi connectivity index (χ2v) is 5.74. The lowest BCUT2D eigenvalue weighted by molar-refractivity contribution is -0.0691. The van der Waals surface area contributed by atoms with E-state index in [1.165, 1.54) is 13.0 Å². The monoisotopic (exact) mass is 298 g/mol. The molecule has 6 heteroatoms. The summed E-state index contributed by atoms with van der Waals surface area (Å²) in [5.41, 5.74) is -0.766. The molecule has 21 heavy (non-hydrogen) atoms. The Bertz CT molecular complexity index is 645. The second kappa shape index (κ2) is 5.02. The molecule has 1 saturated heterocycles. The molecule has 0 aromatic carbocycles. The maximum Gasteiger partial charge on any atom is 0.416 e. The van der Waals surface area contributed by atoms with Crippen molar-refractivity contribution in [3.05, 3.63) is 39.8 Å². The minimum Gasteiger partial charge on any atom is -0.316 e. The maximum atomic E-state index is 13.0. The molecule has 2 atom stereocenters. The molecule has 0 amide bonds. The second-order valence-electron chi connectivity index (χ2n) is 5.74. The van der Waals surface area contributed by atoms with Gasteiger partial charge in [-0.1, -0.05) is 6.08 Å². The van der Waals surface area contributed by atoms with Gasteiger partial charge in [-0.05, 0) is 37.9 Å². The first-order valence-corrected chi connectivity index (χ1v) is 7.10. The molecule has 3 heterocycles. The Morgan fingerprint density at radius 2 is 2.14 bits per heavy atom. The van der Waals surface area contributed by atoms with Crippen LogP contribution in [0.25, 0.3) is 5.57 Å². The van der Waals surface area contributed by atoms with E-state index in [-0.39, 0.29) is 11.5 Å². The number of allylic oxidation sites excluding steroid dienone is 2. The molecule has 3 rings (SSSR count). The zero-order chi connectivity index (χ0) is 15.2. The summed E-state index contributed by atoms with van der Waals surface area (Å²) >= 11 is 0. The molecule has 2 aliphatic heterocycles. The number of halogens is 3. The number of hydrogen-bond acceptors (Lipinski definition) is 2. The highest BCUT2D eigenvalue weighted by atomic mass is 19.4. The fraction of sp³-hybridized carbons (Fsp3) is 0.533. The lowest BCUT2D eigenvalue weighted by Gasteiger charge is -2.37. The van der Waals surface area contributed by atoms with Gasteiger partial charge in [0.15, 0.2) is 0 Å². The van der Waals surface area contributed by atoms with Crippen molar-refractivity contribution in [2.45, 2.75) is 32.0 Å². The molecule has 1 aromatic rings. The number of aromatic nitrogens is 1. The summed E-state index contributed by atoms with van der Waals surface area (Å²) in [7, 11) is 0. The summed E-state index contributed by atoms with van der Waals surface area (Å²) in [5.74, 6) is 0.545. The van der Waals surface area contributed by atoms with Crippen LogP contribution in [0.15, 0.2) is 23.0 Å². The number of rotatable bonds is 1. The normalized spacial score (nSPS) is 25.6. The summed E-state index contributed by atoms with van der Waals surface area (Å²) < 4.78 is 40.6. The zero-order valence-electron chi connectivity index (χ0n) is 11.7. The molecule has 0 radical (unpaired) electrons. The Morgan fingerprint density at radius 1 is 1.38 bits per heavy atom. The Hall–Kier alpha value is -1.56. The van der Waals surface area contributed by atoms with Crippen LogP contribution in [-0.2, 0) is 6.54 Å². The molecule has 1 N–H and O–H groups in total. The van der Waals surface area contributed by atoms with Gasteiger partial charge in [0, 0.05) is 24.7 Å². The van der Waals surface area contributed by atoms with Gasteiger partial charge in [-0.25, -0.2) is 0 Å². The van der Waals surface area contributed by atoms with Gasteiger partial charge in [-0.2, -0.15) is 13.2 Å². The molecular formula is C15H17F3N2O. The van der Waals surface area contributed by atoms with Gasteiger partial charge in [-0.3, -0.25) is 4.79 Å². The first kappa shape index (κ1) is 14.4. The summed E-state index contributed by atoms with van der Waals surface area (Å²) in [4.78, 5) is 12.5. The van der Waals surface area contributed by atoms with Crippen LogP contribution in [-0.4, -0.2) is 23.8 Å². The first-order valence-electron chi connectivity index (χ1n) is 7.10. The highest BCUT2D eigenvalue weighted by Gasteiger charge is 2.37. The molecular weight excluding hydrogens is 281 g/mol. The SMILES string of the molecule is CC=C(c1ccc2n(c1=O)CC1CNCC2C1)C(F)(F)F. The number of pyridine rings is 1. The van der Waals surface area contributed by atoms with Gasteiger partial charge in [0.25, 0.3) is 5.56 Å². The van der Waals surface area contributed by atoms with Crippen LogP contribution in [0.1, 0.15) is 30.5 Å². The van der Waals surface area contributed by atoms with Crippen LogP contribution in [0.3, 0.4) is 0 Å². The summed E-state index contributed by atoms with van der Waals surface area (Å²) in [6.07, 6.45) is -2.54. The Morgan fingerprint density at radius 3 is 2.81 bits per heavy atom. The summed E-state index contributed by atoms with van der Waals surface area (Å²) in [6.45, 7) is 3.42. The molecule has 0 saturated carbocycles. The molecule has 1 fully saturated rings. The predicted molar refractivity (Wildman–Crippen MR) is 74.1 cm³/mol. The van der Waals surface area contributed by atoms with E-state index < -0.39 is 17.3 Å². The van der Waals surface area contributed by atoms with Crippen molar-refractivity contribution in [2.75, 3.05) is 13.1 Å². The van der Waals surface area contributed by atoms with Crippen LogP contribution in [0.4, 0.5) is 13.2 Å². The van der Waals surface area contributed by atoms with Crippen LogP contribution < -0.4 is 10.9 Å². The first-order chi connectivity index (χ1) is 9.91. The molecule has 0 aliphatic carbocycles. The van der Waals surface area contributed by atoms with E-state index in [9.17, 15) is 18.0 Å². The van der Waals surface area contributed by atoms with Gasteiger partial charge in [0.1, 0.15) is 0 Å². The van der Waals surface area contributed by atoms with Crippen LogP contribution >= 0.6 is 0 Å². The van der Waals surface area contributed by atoms with Gasteiger partial charge >= 0.3 is 6.18 Å². The lowest BCUT2D eigenvalue weighted by atomic mass is 9.84. The van der Waals surface area contributed by atoms with Crippen molar-refractivity contribution in [1.82, 2.24) is 9.88 Å². The molecule has 2 aliphatic rings.